The van der Waals surface area contributed by atoms with Crippen LogP contribution in [0.15, 0.2) is 4.47 Å². The van der Waals surface area contributed by atoms with Gasteiger partial charge in [0.1, 0.15) is 0 Å². The lowest BCUT2D eigenvalue weighted by Crippen LogP contribution is -2.52. The van der Waals surface area contributed by atoms with Gasteiger partial charge in [-0.2, -0.15) is 5.10 Å². The average molecular weight is 387 g/mol. The van der Waals surface area contributed by atoms with Crippen LogP contribution < -0.4 is 5.32 Å². The zero-order valence-corrected chi connectivity index (χ0v) is 15.8. The van der Waals surface area contributed by atoms with Crippen LogP contribution in [0.5, 0.6) is 0 Å². The summed E-state index contributed by atoms with van der Waals surface area (Å²) in [4.78, 5) is 14.8. The Morgan fingerprint density at radius 1 is 1.39 bits per heavy atom. The lowest BCUT2D eigenvalue weighted by atomic mass is 9.92. The summed E-state index contributed by atoms with van der Waals surface area (Å²) in [6.07, 6.45) is 2.22. The van der Waals surface area contributed by atoms with Crippen molar-refractivity contribution in [2.75, 3.05) is 32.8 Å². The number of aromatic nitrogens is 2. The molecule has 7 heteroatoms. The number of hydrogen-bond acceptors (Lipinski definition) is 4. The van der Waals surface area contributed by atoms with Crippen molar-refractivity contribution in [3.05, 3.63) is 15.9 Å². The Morgan fingerprint density at radius 3 is 2.57 bits per heavy atom. The number of nitrogens with zero attached hydrogens (tertiary/aromatic N) is 2. The first-order chi connectivity index (χ1) is 11.1. The minimum Gasteiger partial charge on any atom is -0.379 e. The summed E-state index contributed by atoms with van der Waals surface area (Å²) in [6.45, 7) is 10.4. The molecule has 6 nitrogen and oxygen atoms in total. The zero-order chi connectivity index (χ0) is 16.8. The third kappa shape index (κ3) is 4.55. The van der Waals surface area contributed by atoms with Crippen molar-refractivity contribution >= 4 is 21.8 Å². The number of ether oxygens (including phenoxy) is 1. The fourth-order valence-electron chi connectivity index (χ4n) is 3.18. The zero-order valence-electron chi connectivity index (χ0n) is 14.2. The lowest BCUT2D eigenvalue weighted by Gasteiger charge is -2.38. The SMILES string of the molecule is CCC(CC)[C@H](CNC(=O)c1n[nH]c(C)c1Br)N1CCOCC1. The molecule has 0 radical (unpaired) electrons. The number of carbonyl (C=O) groups excluding carboxylic acids is 1. The molecule has 0 spiro atoms. The highest BCUT2D eigenvalue weighted by Crippen LogP contribution is 2.21. The molecule has 0 bridgehead atoms. The highest BCUT2D eigenvalue weighted by molar-refractivity contribution is 9.10. The van der Waals surface area contributed by atoms with Gasteiger partial charge in [-0.25, -0.2) is 0 Å². The number of hydrogen-bond donors (Lipinski definition) is 2. The van der Waals surface area contributed by atoms with Crippen molar-refractivity contribution in [2.24, 2.45) is 5.92 Å². The molecular weight excluding hydrogens is 360 g/mol. The van der Waals surface area contributed by atoms with Gasteiger partial charge in [0.25, 0.3) is 5.91 Å². The Morgan fingerprint density at radius 2 is 2.04 bits per heavy atom. The molecule has 1 atom stereocenters. The van der Waals surface area contributed by atoms with E-state index in [1.165, 1.54) is 0 Å². The number of aromatic amines is 1. The van der Waals surface area contributed by atoms with Crippen LogP contribution in [0.4, 0.5) is 0 Å². The lowest BCUT2D eigenvalue weighted by molar-refractivity contribution is 0.00190. The fourth-order valence-corrected chi connectivity index (χ4v) is 3.54. The number of nitrogens with one attached hydrogen (secondary N) is 2. The van der Waals surface area contributed by atoms with E-state index in [2.05, 4.69) is 50.2 Å². The molecule has 1 fully saturated rings. The van der Waals surface area contributed by atoms with Crippen molar-refractivity contribution < 1.29 is 9.53 Å². The van der Waals surface area contributed by atoms with E-state index in [-0.39, 0.29) is 5.91 Å². The van der Waals surface area contributed by atoms with E-state index < -0.39 is 0 Å². The maximum atomic E-state index is 12.4. The van der Waals surface area contributed by atoms with Crippen LogP contribution >= 0.6 is 15.9 Å². The molecule has 1 aliphatic heterocycles. The number of morpholine rings is 1. The summed E-state index contributed by atoms with van der Waals surface area (Å²) in [5, 5.41) is 9.97. The average Bonchev–Trinajstić information content (AvgIpc) is 2.91. The van der Waals surface area contributed by atoms with Crippen LogP contribution in [-0.2, 0) is 4.74 Å². The van der Waals surface area contributed by atoms with Crippen LogP contribution in [0, 0.1) is 12.8 Å². The molecule has 0 unspecified atom stereocenters. The molecule has 1 aliphatic rings. The predicted octanol–water partition coefficient (Wildman–Crippen LogP) is 2.35. The monoisotopic (exact) mass is 386 g/mol. The van der Waals surface area contributed by atoms with Gasteiger partial charge in [-0.3, -0.25) is 14.8 Å². The number of aryl methyl sites for hydroxylation is 1. The molecule has 1 aromatic rings. The molecule has 1 amide bonds. The van der Waals surface area contributed by atoms with E-state index in [4.69, 9.17) is 4.74 Å². The number of H-pyrrole nitrogens is 1. The van der Waals surface area contributed by atoms with Gasteiger partial charge in [0, 0.05) is 31.4 Å². The summed E-state index contributed by atoms with van der Waals surface area (Å²) in [6, 6.07) is 0.344. The molecule has 0 aromatic carbocycles. The first-order valence-corrected chi connectivity index (χ1v) is 9.18. The molecule has 1 saturated heterocycles. The number of rotatable bonds is 7. The topological polar surface area (TPSA) is 70.2 Å². The van der Waals surface area contributed by atoms with Gasteiger partial charge in [0.15, 0.2) is 5.69 Å². The van der Waals surface area contributed by atoms with Gasteiger partial charge in [0.2, 0.25) is 0 Å². The Labute approximate surface area is 146 Å². The second-order valence-corrected chi connectivity index (χ2v) is 6.81. The fraction of sp³-hybridized carbons (Fsp3) is 0.750. The second kappa shape index (κ2) is 8.80. The molecule has 2 heterocycles. The first kappa shape index (κ1) is 18.4. The van der Waals surface area contributed by atoms with Crippen molar-refractivity contribution in [1.82, 2.24) is 20.4 Å². The molecule has 0 aliphatic carbocycles. The van der Waals surface area contributed by atoms with E-state index in [1.54, 1.807) is 0 Å². The smallest absolute Gasteiger partial charge is 0.273 e. The van der Waals surface area contributed by atoms with Gasteiger partial charge in [0.05, 0.1) is 17.7 Å². The molecule has 1 aromatic heterocycles. The van der Waals surface area contributed by atoms with Crippen LogP contribution in [0.25, 0.3) is 0 Å². The number of halogens is 1. The standard InChI is InChI=1S/C16H27BrN4O2/c1-4-12(5-2)13(21-6-8-23-9-7-21)10-18-16(22)15-14(17)11(3)19-20-15/h12-13H,4-10H2,1-3H3,(H,18,22)(H,19,20)/t13-/m0/s1. The molecule has 2 rings (SSSR count). The summed E-state index contributed by atoms with van der Waals surface area (Å²) in [5.41, 5.74) is 1.28. The Hall–Kier alpha value is -0.920. The maximum Gasteiger partial charge on any atom is 0.273 e. The van der Waals surface area contributed by atoms with Gasteiger partial charge >= 0.3 is 0 Å². The summed E-state index contributed by atoms with van der Waals surface area (Å²) in [7, 11) is 0. The summed E-state index contributed by atoms with van der Waals surface area (Å²) < 4.78 is 6.20. The minimum atomic E-state index is -0.134. The predicted molar refractivity (Wildman–Crippen MR) is 93.6 cm³/mol. The largest absolute Gasteiger partial charge is 0.379 e. The molecule has 23 heavy (non-hydrogen) atoms. The Bertz CT molecular complexity index is 510. The van der Waals surface area contributed by atoms with E-state index >= 15 is 0 Å². The van der Waals surface area contributed by atoms with E-state index in [1.807, 2.05) is 6.92 Å². The van der Waals surface area contributed by atoms with Crippen molar-refractivity contribution in [1.29, 1.82) is 0 Å². The molecule has 130 valence electrons. The molecule has 2 N–H and O–H groups in total. The minimum absolute atomic E-state index is 0.134. The van der Waals surface area contributed by atoms with Crippen LogP contribution in [0.3, 0.4) is 0 Å². The van der Waals surface area contributed by atoms with Crippen LogP contribution in [-0.4, -0.2) is 59.9 Å². The van der Waals surface area contributed by atoms with E-state index in [0.29, 0.717) is 24.2 Å². The highest BCUT2D eigenvalue weighted by atomic mass is 79.9. The van der Waals surface area contributed by atoms with Crippen molar-refractivity contribution in [3.8, 4) is 0 Å². The normalized spacial score (nSPS) is 17.4. The second-order valence-electron chi connectivity index (χ2n) is 6.01. The Kier molecular flexibility index (Phi) is 7.05. The van der Waals surface area contributed by atoms with E-state index in [9.17, 15) is 4.79 Å². The third-order valence-electron chi connectivity index (χ3n) is 4.67. The van der Waals surface area contributed by atoms with Crippen LogP contribution in [0.1, 0.15) is 42.9 Å². The molecular formula is C16H27BrN4O2. The summed E-state index contributed by atoms with van der Waals surface area (Å²) in [5.74, 6) is 0.434. The Balaban J connectivity index is 2.02. The first-order valence-electron chi connectivity index (χ1n) is 8.38. The van der Waals surface area contributed by atoms with Crippen LogP contribution in [0.2, 0.25) is 0 Å². The maximum absolute atomic E-state index is 12.4. The highest BCUT2D eigenvalue weighted by Gasteiger charge is 2.28. The van der Waals surface area contributed by atoms with Gasteiger partial charge < -0.3 is 10.1 Å². The number of amides is 1. The quantitative estimate of drug-likeness (QED) is 0.754. The van der Waals surface area contributed by atoms with E-state index in [0.717, 1.165) is 49.3 Å². The third-order valence-corrected chi connectivity index (χ3v) is 5.64. The van der Waals surface area contributed by atoms with Gasteiger partial charge in [-0.1, -0.05) is 26.7 Å². The number of carbonyl (C=O) groups is 1. The van der Waals surface area contributed by atoms with Crippen molar-refractivity contribution in [3.63, 3.8) is 0 Å². The summed E-state index contributed by atoms with van der Waals surface area (Å²) >= 11 is 3.41. The van der Waals surface area contributed by atoms with Crippen molar-refractivity contribution in [2.45, 2.75) is 39.7 Å². The van der Waals surface area contributed by atoms with Gasteiger partial charge in [-0.15, -0.1) is 0 Å². The van der Waals surface area contributed by atoms with Gasteiger partial charge in [-0.05, 0) is 28.8 Å². The molecule has 0 saturated carbocycles.